The van der Waals surface area contributed by atoms with Crippen molar-refractivity contribution in [3.63, 3.8) is 0 Å². The first kappa shape index (κ1) is 14.2. The Hall–Kier alpha value is -1.84. The average molecular weight is 254 g/mol. The molecular formula is C14H16F2O2. The molecule has 0 aliphatic rings. The van der Waals surface area contributed by atoms with Crippen molar-refractivity contribution in [3.8, 4) is 11.5 Å². The molecule has 18 heavy (non-hydrogen) atoms. The fourth-order valence-corrected chi connectivity index (χ4v) is 1.83. The molecule has 2 aromatic rings. The number of hydrogen-bond donors (Lipinski definition) is 1. The number of aromatic hydroxyl groups is 1. The van der Waals surface area contributed by atoms with E-state index in [0.717, 1.165) is 6.07 Å². The van der Waals surface area contributed by atoms with Gasteiger partial charge in [0.05, 0.1) is 7.11 Å². The van der Waals surface area contributed by atoms with Gasteiger partial charge in [-0.25, -0.2) is 8.78 Å². The third-order valence-electron chi connectivity index (χ3n) is 2.48. The van der Waals surface area contributed by atoms with E-state index in [1.807, 2.05) is 13.8 Å². The lowest BCUT2D eigenvalue weighted by molar-refractivity contribution is 0.389. The van der Waals surface area contributed by atoms with Crippen LogP contribution in [0.25, 0.3) is 10.8 Å². The highest BCUT2D eigenvalue weighted by atomic mass is 19.1. The number of ether oxygens (including phenoxy) is 1. The van der Waals surface area contributed by atoms with Gasteiger partial charge in [0.15, 0.2) is 11.6 Å². The fraction of sp³-hybridized carbons (Fsp3) is 0.286. The number of rotatable bonds is 1. The van der Waals surface area contributed by atoms with Crippen molar-refractivity contribution in [2.24, 2.45) is 0 Å². The first-order chi connectivity index (χ1) is 8.54. The number of aryl methyl sites for hydroxylation is 1. The van der Waals surface area contributed by atoms with Crippen LogP contribution in [0, 0.1) is 18.6 Å². The summed E-state index contributed by atoms with van der Waals surface area (Å²) >= 11 is 0. The molecule has 0 atom stereocenters. The van der Waals surface area contributed by atoms with Gasteiger partial charge in [-0.05, 0) is 24.6 Å². The first-order valence-corrected chi connectivity index (χ1v) is 5.70. The molecular weight excluding hydrogens is 238 g/mol. The summed E-state index contributed by atoms with van der Waals surface area (Å²) in [5.41, 5.74) is 0.560. The molecule has 2 nitrogen and oxygen atoms in total. The number of fused-ring (bicyclic) bond motifs is 1. The second kappa shape index (κ2) is 5.67. The Labute approximate surface area is 105 Å². The van der Waals surface area contributed by atoms with Gasteiger partial charge in [-0.2, -0.15) is 0 Å². The molecule has 4 heteroatoms. The van der Waals surface area contributed by atoms with Crippen LogP contribution in [0.2, 0.25) is 0 Å². The van der Waals surface area contributed by atoms with Gasteiger partial charge in [0.2, 0.25) is 0 Å². The van der Waals surface area contributed by atoms with E-state index in [4.69, 9.17) is 4.74 Å². The third-order valence-corrected chi connectivity index (χ3v) is 2.48. The van der Waals surface area contributed by atoms with Crippen LogP contribution >= 0.6 is 0 Å². The largest absolute Gasteiger partial charge is 0.508 e. The molecule has 0 amide bonds. The monoisotopic (exact) mass is 254 g/mol. The minimum absolute atomic E-state index is 0.00565. The summed E-state index contributed by atoms with van der Waals surface area (Å²) in [5.74, 6) is -1.53. The zero-order valence-electron chi connectivity index (χ0n) is 10.8. The van der Waals surface area contributed by atoms with E-state index in [1.54, 1.807) is 6.92 Å². The SMILES string of the molecule is CC.COc1c(F)cc(F)c2cc(O)cc(C)c12. The molecule has 0 fully saturated rings. The number of hydrogen-bond acceptors (Lipinski definition) is 2. The van der Waals surface area contributed by atoms with Gasteiger partial charge in [-0.1, -0.05) is 13.8 Å². The maximum atomic E-state index is 13.5. The van der Waals surface area contributed by atoms with Crippen molar-refractivity contribution in [2.45, 2.75) is 20.8 Å². The highest BCUT2D eigenvalue weighted by molar-refractivity contribution is 5.93. The van der Waals surface area contributed by atoms with Crippen LogP contribution in [0.1, 0.15) is 19.4 Å². The lowest BCUT2D eigenvalue weighted by Gasteiger charge is -2.10. The van der Waals surface area contributed by atoms with E-state index in [9.17, 15) is 13.9 Å². The molecule has 2 rings (SSSR count). The molecule has 0 bridgehead atoms. The normalized spacial score (nSPS) is 9.89. The van der Waals surface area contributed by atoms with E-state index in [1.165, 1.54) is 19.2 Å². The molecule has 0 aliphatic heterocycles. The summed E-state index contributed by atoms with van der Waals surface area (Å²) < 4.78 is 31.9. The maximum absolute atomic E-state index is 13.5. The van der Waals surface area contributed by atoms with E-state index >= 15 is 0 Å². The molecule has 98 valence electrons. The van der Waals surface area contributed by atoms with E-state index in [-0.39, 0.29) is 16.9 Å². The Balaban J connectivity index is 0.000000771. The van der Waals surface area contributed by atoms with Gasteiger partial charge >= 0.3 is 0 Å². The number of phenols is 1. The van der Waals surface area contributed by atoms with Gasteiger partial charge in [0.1, 0.15) is 11.6 Å². The fourth-order valence-electron chi connectivity index (χ4n) is 1.83. The predicted molar refractivity (Wildman–Crippen MR) is 68.2 cm³/mol. The van der Waals surface area contributed by atoms with Crippen molar-refractivity contribution in [1.29, 1.82) is 0 Å². The van der Waals surface area contributed by atoms with Gasteiger partial charge < -0.3 is 9.84 Å². The average Bonchev–Trinajstić information content (AvgIpc) is 2.33. The summed E-state index contributed by atoms with van der Waals surface area (Å²) in [7, 11) is 1.32. The first-order valence-electron chi connectivity index (χ1n) is 5.70. The lowest BCUT2D eigenvalue weighted by Crippen LogP contribution is -1.94. The Bertz CT molecular complexity index is 565. The highest BCUT2D eigenvalue weighted by Crippen LogP contribution is 2.35. The quantitative estimate of drug-likeness (QED) is 0.827. The van der Waals surface area contributed by atoms with Crippen LogP contribution in [-0.4, -0.2) is 12.2 Å². The summed E-state index contributed by atoms with van der Waals surface area (Å²) in [6, 6.07) is 3.43. The molecule has 0 heterocycles. The zero-order chi connectivity index (χ0) is 13.9. The smallest absolute Gasteiger partial charge is 0.168 e. The van der Waals surface area contributed by atoms with Crippen LogP contribution in [0.5, 0.6) is 11.5 Å². The standard InChI is InChI=1S/C12H10F2O2.C2H6/c1-6-3-7(15)4-8-9(13)5-10(14)12(16-2)11(6)8;1-2/h3-5,15H,1-2H3;1-2H3. The van der Waals surface area contributed by atoms with Gasteiger partial charge in [0, 0.05) is 16.8 Å². The Morgan fingerprint density at radius 2 is 1.67 bits per heavy atom. The van der Waals surface area contributed by atoms with Gasteiger partial charge in [0.25, 0.3) is 0 Å². The minimum atomic E-state index is -0.749. The summed E-state index contributed by atoms with van der Waals surface area (Å²) in [6.45, 7) is 5.66. The zero-order valence-corrected chi connectivity index (χ0v) is 10.8. The third kappa shape index (κ3) is 2.37. The number of benzene rings is 2. The van der Waals surface area contributed by atoms with Crippen LogP contribution in [-0.2, 0) is 0 Å². The molecule has 0 radical (unpaired) electrons. The molecule has 2 aromatic carbocycles. The van der Waals surface area contributed by atoms with E-state index < -0.39 is 11.6 Å². The second-order valence-corrected chi connectivity index (χ2v) is 3.56. The van der Waals surface area contributed by atoms with Crippen molar-refractivity contribution < 1.29 is 18.6 Å². The molecule has 0 aliphatic carbocycles. The Morgan fingerprint density at radius 3 is 2.22 bits per heavy atom. The number of phenolic OH excluding ortho intramolecular Hbond substituents is 1. The predicted octanol–water partition coefficient (Wildman–Crippen LogP) is 4.17. The molecule has 1 N–H and O–H groups in total. The lowest BCUT2D eigenvalue weighted by atomic mass is 10.0. The van der Waals surface area contributed by atoms with Crippen molar-refractivity contribution in [1.82, 2.24) is 0 Å². The maximum Gasteiger partial charge on any atom is 0.168 e. The van der Waals surface area contributed by atoms with Crippen LogP contribution < -0.4 is 4.74 Å². The molecule has 0 unspecified atom stereocenters. The van der Waals surface area contributed by atoms with Crippen molar-refractivity contribution in [3.05, 3.63) is 35.4 Å². The summed E-state index contributed by atoms with van der Waals surface area (Å²) in [5, 5.41) is 9.86. The van der Waals surface area contributed by atoms with Gasteiger partial charge in [-0.3, -0.25) is 0 Å². The number of halogens is 2. The second-order valence-electron chi connectivity index (χ2n) is 3.56. The molecule has 0 aromatic heterocycles. The van der Waals surface area contributed by atoms with Crippen LogP contribution in [0.15, 0.2) is 18.2 Å². The van der Waals surface area contributed by atoms with E-state index in [0.29, 0.717) is 10.9 Å². The summed E-state index contributed by atoms with van der Waals surface area (Å²) in [4.78, 5) is 0. The van der Waals surface area contributed by atoms with Gasteiger partial charge in [-0.15, -0.1) is 0 Å². The Morgan fingerprint density at radius 1 is 1.06 bits per heavy atom. The van der Waals surface area contributed by atoms with Crippen LogP contribution in [0.3, 0.4) is 0 Å². The van der Waals surface area contributed by atoms with Crippen molar-refractivity contribution in [2.75, 3.05) is 7.11 Å². The van der Waals surface area contributed by atoms with E-state index in [2.05, 4.69) is 0 Å². The summed E-state index contributed by atoms with van der Waals surface area (Å²) in [6.07, 6.45) is 0. The molecule has 0 saturated heterocycles. The van der Waals surface area contributed by atoms with Crippen molar-refractivity contribution >= 4 is 10.8 Å². The Kier molecular flexibility index (Phi) is 4.48. The minimum Gasteiger partial charge on any atom is -0.508 e. The topological polar surface area (TPSA) is 29.5 Å². The molecule has 0 spiro atoms. The molecule has 0 saturated carbocycles. The number of methoxy groups -OCH3 is 1. The highest BCUT2D eigenvalue weighted by Gasteiger charge is 2.15. The van der Waals surface area contributed by atoms with Crippen LogP contribution in [0.4, 0.5) is 8.78 Å².